The van der Waals surface area contributed by atoms with Crippen molar-refractivity contribution in [3.8, 4) is 6.07 Å². The van der Waals surface area contributed by atoms with Crippen LogP contribution in [0.25, 0.3) is 0 Å². The van der Waals surface area contributed by atoms with E-state index in [1.54, 1.807) is 27.7 Å². The van der Waals surface area contributed by atoms with E-state index in [4.69, 9.17) is 5.26 Å². The van der Waals surface area contributed by atoms with Crippen LogP contribution < -0.4 is 0 Å². The molecule has 0 aliphatic rings. The van der Waals surface area contributed by atoms with Gasteiger partial charge < -0.3 is 0 Å². The Morgan fingerprint density at radius 1 is 1.20 bits per heavy atom. The van der Waals surface area contributed by atoms with Crippen molar-refractivity contribution in [1.29, 1.82) is 5.26 Å². The SMILES string of the molecule is CC(C)N(C)S(=O)(=O)N(CC#N)C(C)C. The van der Waals surface area contributed by atoms with Gasteiger partial charge in [0, 0.05) is 19.1 Å². The summed E-state index contributed by atoms with van der Waals surface area (Å²) in [5.41, 5.74) is 0. The quantitative estimate of drug-likeness (QED) is 0.660. The first-order valence-corrected chi connectivity index (χ1v) is 6.26. The van der Waals surface area contributed by atoms with E-state index >= 15 is 0 Å². The molecule has 0 amide bonds. The molecule has 0 heterocycles. The molecule has 15 heavy (non-hydrogen) atoms. The zero-order valence-corrected chi connectivity index (χ0v) is 10.7. The van der Waals surface area contributed by atoms with Crippen LogP contribution >= 0.6 is 0 Å². The van der Waals surface area contributed by atoms with E-state index in [-0.39, 0.29) is 18.6 Å². The lowest BCUT2D eigenvalue weighted by atomic mass is 10.4. The van der Waals surface area contributed by atoms with Gasteiger partial charge in [-0.15, -0.1) is 0 Å². The van der Waals surface area contributed by atoms with Crippen molar-refractivity contribution in [2.24, 2.45) is 0 Å². The van der Waals surface area contributed by atoms with E-state index in [9.17, 15) is 8.42 Å². The summed E-state index contributed by atoms with van der Waals surface area (Å²) in [5.74, 6) is 0. The molecule has 0 radical (unpaired) electrons. The van der Waals surface area contributed by atoms with Crippen molar-refractivity contribution >= 4 is 10.2 Å². The minimum atomic E-state index is -3.52. The number of nitriles is 1. The summed E-state index contributed by atoms with van der Waals surface area (Å²) in [6.07, 6.45) is 0. The Labute approximate surface area is 92.5 Å². The molecule has 0 aliphatic carbocycles. The van der Waals surface area contributed by atoms with Crippen molar-refractivity contribution in [3.05, 3.63) is 0 Å². The van der Waals surface area contributed by atoms with Gasteiger partial charge in [0.2, 0.25) is 0 Å². The van der Waals surface area contributed by atoms with Crippen molar-refractivity contribution < 1.29 is 8.42 Å². The zero-order valence-electron chi connectivity index (χ0n) is 9.93. The Bertz CT molecular complexity index is 330. The molecule has 0 rings (SSSR count). The molecule has 0 unspecified atom stereocenters. The fourth-order valence-electron chi connectivity index (χ4n) is 1.03. The highest BCUT2D eigenvalue weighted by Gasteiger charge is 2.30. The molecule has 0 aromatic carbocycles. The molecule has 5 nitrogen and oxygen atoms in total. The molecule has 0 bridgehead atoms. The first-order valence-electron chi connectivity index (χ1n) is 4.86. The average Bonchev–Trinajstić information content (AvgIpc) is 2.11. The fraction of sp³-hybridized carbons (Fsp3) is 0.889. The summed E-state index contributed by atoms with van der Waals surface area (Å²) in [6.45, 7) is 6.98. The zero-order chi connectivity index (χ0) is 12.2. The third kappa shape index (κ3) is 3.45. The molecule has 88 valence electrons. The van der Waals surface area contributed by atoms with Gasteiger partial charge in [0.15, 0.2) is 0 Å². The van der Waals surface area contributed by atoms with Crippen LogP contribution in [0.3, 0.4) is 0 Å². The van der Waals surface area contributed by atoms with Gasteiger partial charge in [-0.25, -0.2) is 0 Å². The number of nitrogens with zero attached hydrogens (tertiary/aromatic N) is 3. The van der Waals surface area contributed by atoms with Crippen LogP contribution in [0, 0.1) is 11.3 Å². The largest absolute Gasteiger partial charge is 0.283 e. The van der Waals surface area contributed by atoms with Crippen LogP contribution in [0.5, 0.6) is 0 Å². The van der Waals surface area contributed by atoms with Gasteiger partial charge in [-0.05, 0) is 27.7 Å². The lowest BCUT2D eigenvalue weighted by molar-refractivity contribution is 0.320. The van der Waals surface area contributed by atoms with Crippen LogP contribution in [-0.4, -0.2) is 42.7 Å². The molecule has 0 aliphatic heterocycles. The van der Waals surface area contributed by atoms with Gasteiger partial charge in [0.1, 0.15) is 6.54 Å². The van der Waals surface area contributed by atoms with Gasteiger partial charge in [0.05, 0.1) is 6.07 Å². The van der Waals surface area contributed by atoms with Gasteiger partial charge in [-0.1, -0.05) is 0 Å². The second-order valence-corrected chi connectivity index (χ2v) is 5.86. The third-order valence-electron chi connectivity index (χ3n) is 2.19. The van der Waals surface area contributed by atoms with Gasteiger partial charge in [0.25, 0.3) is 10.2 Å². The molecule has 0 N–H and O–H groups in total. The predicted molar refractivity (Wildman–Crippen MR) is 59.3 cm³/mol. The number of rotatable bonds is 5. The highest BCUT2D eigenvalue weighted by molar-refractivity contribution is 7.86. The molecule has 0 saturated heterocycles. The normalized spacial score (nSPS) is 12.8. The van der Waals surface area contributed by atoms with E-state index in [1.807, 2.05) is 6.07 Å². The van der Waals surface area contributed by atoms with Crippen LogP contribution in [0.1, 0.15) is 27.7 Å². The maximum absolute atomic E-state index is 12.0. The summed E-state index contributed by atoms with van der Waals surface area (Å²) < 4.78 is 26.5. The van der Waals surface area contributed by atoms with Crippen LogP contribution in [0.4, 0.5) is 0 Å². The first-order chi connectivity index (χ1) is 6.75. The van der Waals surface area contributed by atoms with Crippen molar-refractivity contribution in [3.63, 3.8) is 0 Å². The number of hydrogen-bond donors (Lipinski definition) is 0. The Morgan fingerprint density at radius 2 is 1.67 bits per heavy atom. The second kappa shape index (κ2) is 5.45. The minimum absolute atomic E-state index is 0.114. The lowest BCUT2D eigenvalue weighted by Gasteiger charge is -2.30. The molecule has 0 fully saturated rings. The molecular formula is C9H19N3O2S. The van der Waals surface area contributed by atoms with Crippen LogP contribution in [0.15, 0.2) is 0 Å². The van der Waals surface area contributed by atoms with E-state index in [0.717, 1.165) is 0 Å². The standard InChI is InChI=1S/C9H19N3O2S/c1-8(2)11(5)15(13,14)12(7-6-10)9(3)4/h8-9H,7H2,1-5H3. The van der Waals surface area contributed by atoms with Crippen LogP contribution in [0.2, 0.25) is 0 Å². The van der Waals surface area contributed by atoms with Crippen molar-refractivity contribution in [2.75, 3.05) is 13.6 Å². The highest BCUT2D eigenvalue weighted by atomic mass is 32.2. The third-order valence-corrected chi connectivity index (χ3v) is 4.48. The maximum Gasteiger partial charge on any atom is 0.283 e. The van der Waals surface area contributed by atoms with E-state index in [0.29, 0.717) is 0 Å². The molecular weight excluding hydrogens is 214 g/mol. The molecule has 0 aromatic heterocycles. The Kier molecular flexibility index (Phi) is 5.21. The Balaban J connectivity index is 5.06. The summed E-state index contributed by atoms with van der Waals surface area (Å²) in [4.78, 5) is 0. The summed E-state index contributed by atoms with van der Waals surface area (Å²) in [5, 5.41) is 8.59. The Morgan fingerprint density at radius 3 is 1.93 bits per heavy atom. The topological polar surface area (TPSA) is 64.4 Å². The summed E-state index contributed by atoms with van der Waals surface area (Å²) in [6, 6.07) is 1.54. The van der Waals surface area contributed by atoms with E-state index < -0.39 is 10.2 Å². The van der Waals surface area contributed by atoms with E-state index in [1.165, 1.54) is 15.7 Å². The minimum Gasteiger partial charge on any atom is -0.197 e. The first kappa shape index (κ1) is 14.4. The smallest absolute Gasteiger partial charge is 0.197 e. The molecule has 0 saturated carbocycles. The monoisotopic (exact) mass is 233 g/mol. The molecule has 0 atom stereocenters. The maximum atomic E-state index is 12.0. The predicted octanol–water partition coefficient (Wildman–Crippen LogP) is 0.805. The molecule has 0 aromatic rings. The number of hydrogen-bond acceptors (Lipinski definition) is 3. The fourth-order valence-corrected chi connectivity index (χ4v) is 2.65. The summed E-state index contributed by atoms with van der Waals surface area (Å²) >= 11 is 0. The molecule has 0 spiro atoms. The molecule has 6 heteroatoms. The van der Waals surface area contributed by atoms with Crippen molar-refractivity contribution in [1.82, 2.24) is 8.61 Å². The van der Waals surface area contributed by atoms with Crippen molar-refractivity contribution in [2.45, 2.75) is 39.8 Å². The van der Waals surface area contributed by atoms with Gasteiger partial charge in [-0.3, -0.25) is 0 Å². The summed E-state index contributed by atoms with van der Waals surface area (Å²) in [7, 11) is -2.00. The average molecular weight is 233 g/mol. The lowest BCUT2D eigenvalue weighted by Crippen LogP contribution is -2.47. The Hall–Kier alpha value is -0.640. The second-order valence-electron chi connectivity index (χ2n) is 3.91. The highest BCUT2D eigenvalue weighted by Crippen LogP contribution is 2.12. The van der Waals surface area contributed by atoms with Gasteiger partial charge in [-0.2, -0.15) is 22.3 Å². The van der Waals surface area contributed by atoms with E-state index in [2.05, 4.69) is 0 Å². The van der Waals surface area contributed by atoms with Gasteiger partial charge >= 0.3 is 0 Å². The van der Waals surface area contributed by atoms with Crippen LogP contribution in [-0.2, 0) is 10.2 Å².